The molecule has 1 saturated heterocycles. The number of anilines is 1. The molecule has 30 heavy (non-hydrogen) atoms. The molecule has 1 amide bonds. The van der Waals surface area contributed by atoms with Crippen molar-refractivity contribution in [1.82, 2.24) is 25.7 Å². The maximum Gasteiger partial charge on any atom is 0.277 e. The third-order valence-corrected chi connectivity index (χ3v) is 5.80. The van der Waals surface area contributed by atoms with Gasteiger partial charge < -0.3 is 10.2 Å². The first kappa shape index (κ1) is 18.8. The lowest BCUT2D eigenvalue weighted by molar-refractivity contribution is 0.0537. The van der Waals surface area contributed by atoms with Gasteiger partial charge in [-0.15, -0.1) is 0 Å². The molecule has 0 radical (unpaired) electrons. The molecule has 2 aliphatic rings. The Kier molecular flexibility index (Phi) is 4.76. The van der Waals surface area contributed by atoms with Gasteiger partial charge in [0.1, 0.15) is 5.82 Å². The van der Waals surface area contributed by atoms with Crippen LogP contribution in [0.2, 0.25) is 0 Å². The molecule has 1 aliphatic heterocycles. The minimum absolute atomic E-state index is 0.248. The molecule has 1 saturated carbocycles. The van der Waals surface area contributed by atoms with E-state index < -0.39 is 0 Å². The molecule has 154 valence electrons. The van der Waals surface area contributed by atoms with Crippen LogP contribution in [0.15, 0.2) is 42.7 Å². The van der Waals surface area contributed by atoms with Gasteiger partial charge in [-0.1, -0.05) is 6.07 Å². The molecule has 3 heterocycles. The Hall–Kier alpha value is -3.17. The van der Waals surface area contributed by atoms with Crippen molar-refractivity contribution < 1.29 is 14.0 Å². The van der Waals surface area contributed by atoms with Crippen LogP contribution in [-0.2, 0) is 11.4 Å². The molecule has 0 spiro atoms. The Bertz CT molecular complexity index is 1080. The summed E-state index contributed by atoms with van der Waals surface area (Å²) in [5.74, 6) is 1.13. The van der Waals surface area contributed by atoms with Gasteiger partial charge in [0, 0.05) is 43.5 Å². The van der Waals surface area contributed by atoms with Crippen molar-refractivity contribution in [3.63, 3.8) is 0 Å². The summed E-state index contributed by atoms with van der Waals surface area (Å²) in [7, 11) is 1.38. The maximum atomic E-state index is 13.3. The van der Waals surface area contributed by atoms with Gasteiger partial charge >= 0.3 is 0 Å². The highest BCUT2D eigenvalue weighted by Gasteiger charge is 2.55. The highest BCUT2D eigenvalue weighted by atomic mass is 19.1. The Balaban J connectivity index is 1.14. The predicted octanol–water partition coefficient (Wildman–Crippen LogP) is 1.68. The average Bonchev–Trinajstić information content (AvgIpc) is 3.21. The van der Waals surface area contributed by atoms with Crippen LogP contribution in [0.4, 0.5) is 10.3 Å². The number of amides is 1. The monoisotopic (exact) mass is 408 g/mol. The van der Waals surface area contributed by atoms with E-state index >= 15 is 0 Å². The Morgan fingerprint density at radius 3 is 2.70 bits per heavy atom. The lowest BCUT2D eigenvalue weighted by atomic mass is 10.2. The molecule has 2 unspecified atom stereocenters. The number of benzene rings is 1. The van der Waals surface area contributed by atoms with Crippen molar-refractivity contribution in [1.29, 1.82) is 0 Å². The molecule has 9 heteroatoms. The van der Waals surface area contributed by atoms with Crippen LogP contribution >= 0.6 is 0 Å². The molecule has 0 bridgehead atoms. The lowest BCUT2D eigenvalue weighted by Crippen LogP contribution is -2.32. The van der Waals surface area contributed by atoms with Gasteiger partial charge in [-0.25, -0.2) is 19.8 Å². The number of carbonyl (C=O) groups excluding carboxylic acids is 1. The first-order valence-corrected chi connectivity index (χ1v) is 9.81. The summed E-state index contributed by atoms with van der Waals surface area (Å²) in [6.07, 6.45) is 3.02. The number of hydrogen-bond donors (Lipinski definition) is 2. The van der Waals surface area contributed by atoms with Crippen LogP contribution in [-0.4, -0.2) is 47.1 Å². The van der Waals surface area contributed by atoms with Crippen molar-refractivity contribution in [3.05, 3.63) is 59.8 Å². The standard InChI is InChI=1S/C21H21FN6O2/c1-30-27-20(29)13-7-24-21(25-8-13)28-10-16-17(11-28)19(16)23-9-15-4-2-12-6-14(22)3-5-18(12)26-15/h2-8,16-17,19,23H,9-11H2,1H3,(H,27,29). The van der Waals surface area contributed by atoms with Crippen LogP contribution in [0.3, 0.4) is 0 Å². The van der Waals surface area contributed by atoms with Crippen LogP contribution in [0.1, 0.15) is 16.1 Å². The molecule has 1 aliphatic carbocycles. The topological polar surface area (TPSA) is 92.3 Å². The van der Waals surface area contributed by atoms with Crippen molar-refractivity contribution >= 4 is 22.8 Å². The minimum atomic E-state index is -0.370. The number of nitrogens with zero attached hydrogens (tertiary/aromatic N) is 4. The van der Waals surface area contributed by atoms with Crippen LogP contribution < -0.4 is 15.7 Å². The van der Waals surface area contributed by atoms with E-state index in [0.29, 0.717) is 35.9 Å². The van der Waals surface area contributed by atoms with Crippen molar-refractivity contribution in [2.45, 2.75) is 12.6 Å². The number of hydroxylamine groups is 1. The number of piperidine rings is 1. The second-order valence-corrected chi connectivity index (χ2v) is 7.69. The fraction of sp³-hybridized carbons (Fsp3) is 0.333. The van der Waals surface area contributed by atoms with Gasteiger partial charge in [0.15, 0.2) is 0 Å². The van der Waals surface area contributed by atoms with E-state index in [1.807, 2.05) is 12.1 Å². The van der Waals surface area contributed by atoms with Crippen LogP contribution in [0.25, 0.3) is 10.9 Å². The third-order valence-electron chi connectivity index (χ3n) is 5.80. The molecule has 2 atom stereocenters. The van der Waals surface area contributed by atoms with E-state index in [1.165, 1.54) is 31.6 Å². The number of halogens is 1. The van der Waals surface area contributed by atoms with Gasteiger partial charge in [-0.2, -0.15) is 0 Å². The zero-order valence-corrected chi connectivity index (χ0v) is 16.4. The van der Waals surface area contributed by atoms with Gasteiger partial charge in [-0.3, -0.25) is 14.6 Å². The second kappa shape index (κ2) is 7.58. The highest BCUT2D eigenvalue weighted by molar-refractivity contribution is 5.92. The summed E-state index contributed by atoms with van der Waals surface area (Å²) in [5.41, 5.74) is 4.36. The SMILES string of the molecule is CONC(=O)c1cnc(N2CC3C(C2)C3NCc2ccc3cc(F)ccc3n2)nc1. The van der Waals surface area contributed by atoms with E-state index in [0.717, 1.165) is 29.7 Å². The second-order valence-electron chi connectivity index (χ2n) is 7.69. The molecule has 3 aromatic rings. The normalized spacial score (nSPS) is 22.2. The highest BCUT2D eigenvalue weighted by Crippen LogP contribution is 2.46. The molecule has 2 N–H and O–H groups in total. The van der Waals surface area contributed by atoms with E-state index in [2.05, 4.69) is 35.5 Å². The smallest absolute Gasteiger partial charge is 0.277 e. The number of carbonyl (C=O) groups is 1. The number of nitrogens with one attached hydrogen (secondary N) is 2. The summed E-state index contributed by atoms with van der Waals surface area (Å²) in [6, 6.07) is 8.95. The lowest BCUT2D eigenvalue weighted by Gasteiger charge is -2.20. The maximum absolute atomic E-state index is 13.3. The van der Waals surface area contributed by atoms with E-state index in [-0.39, 0.29) is 11.7 Å². The van der Waals surface area contributed by atoms with Gasteiger partial charge in [0.05, 0.1) is 23.9 Å². The molecule has 2 aromatic heterocycles. The van der Waals surface area contributed by atoms with Crippen LogP contribution in [0, 0.1) is 17.7 Å². The first-order chi connectivity index (χ1) is 14.6. The zero-order chi connectivity index (χ0) is 20.7. The van der Waals surface area contributed by atoms with E-state index in [4.69, 9.17) is 0 Å². The van der Waals surface area contributed by atoms with Crippen molar-refractivity contribution in [2.24, 2.45) is 11.8 Å². The summed E-state index contributed by atoms with van der Waals surface area (Å²) in [4.78, 5) is 31.7. The predicted molar refractivity (Wildman–Crippen MR) is 108 cm³/mol. The minimum Gasteiger partial charge on any atom is -0.340 e. The number of aromatic nitrogens is 3. The number of hydrogen-bond acceptors (Lipinski definition) is 7. The van der Waals surface area contributed by atoms with Crippen molar-refractivity contribution in [2.75, 3.05) is 25.1 Å². The largest absolute Gasteiger partial charge is 0.340 e. The van der Waals surface area contributed by atoms with Gasteiger partial charge in [0.25, 0.3) is 5.91 Å². The van der Waals surface area contributed by atoms with E-state index in [9.17, 15) is 9.18 Å². The number of pyridine rings is 1. The van der Waals surface area contributed by atoms with E-state index in [1.54, 1.807) is 6.07 Å². The van der Waals surface area contributed by atoms with Gasteiger partial charge in [0.2, 0.25) is 5.95 Å². The number of rotatable bonds is 6. The average molecular weight is 408 g/mol. The summed E-state index contributed by atoms with van der Waals surface area (Å²) >= 11 is 0. The summed E-state index contributed by atoms with van der Waals surface area (Å²) in [5, 5.41) is 4.40. The van der Waals surface area contributed by atoms with Crippen molar-refractivity contribution in [3.8, 4) is 0 Å². The fourth-order valence-corrected chi connectivity index (χ4v) is 4.21. The van der Waals surface area contributed by atoms with Crippen LogP contribution in [0.5, 0.6) is 0 Å². The first-order valence-electron chi connectivity index (χ1n) is 9.81. The Morgan fingerprint density at radius 1 is 1.20 bits per heavy atom. The molecular weight excluding hydrogens is 387 g/mol. The number of fused-ring (bicyclic) bond motifs is 2. The quantitative estimate of drug-likeness (QED) is 0.600. The summed E-state index contributed by atoms with van der Waals surface area (Å²) < 4.78 is 13.3. The third kappa shape index (κ3) is 3.57. The molecule has 2 fully saturated rings. The summed E-state index contributed by atoms with van der Waals surface area (Å²) in [6.45, 7) is 2.46. The molecule has 5 rings (SSSR count). The Morgan fingerprint density at radius 2 is 1.97 bits per heavy atom. The van der Waals surface area contributed by atoms with Gasteiger partial charge in [-0.05, 0) is 36.1 Å². The molecule has 8 nitrogen and oxygen atoms in total. The molecular formula is C21H21FN6O2. The fourth-order valence-electron chi connectivity index (χ4n) is 4.21. The molecule has 1 aromatic carbocycles. The Labute approximate surface area is 172 Å². The zero-order valence-electron chi connectivity index (χ0n) is 16.4.